The monoisotopic (exact) mass is 743 g/mol. The smallest absolute Gasteiger partial charge is 0.305 e. The van der Waals surface area contributed by atoms with Gasteiger partial charge in [-0.1, -0.05) is 24.3 Å². The lowest BCUT2D eigenvalue weighted by molar-refractivity contribution is -0.137. The van der Waals surface area contributed by atoms with Crippen LogP contribution in [0.25, 0.3) is 0 Å². The van der Waals surface area contributed by atoms with Crippen LogP contribution in [0.4, 0.5) is 11.4 Å². The molecule has 0 aliphatic heterocycles. The molecule has 158 valence electrons. The number of nitrogens with one attached hydrogen (secondary N) is 1. The van der Waals surface area contributed by atoms with Crippen LogP contribution < -0.4 is 5.32 Å². The quantitative estimate of drug-likeness (QED) is 0.156. The third-order valence-corrected chi connectivity index (χ3v) is 6.69. The summed E-state index contributed by atoms with van der Waals surface area (Å²) in [5, 5.41) is 12.3. The molecular weight excluding hydrogens is 723 g/mol. The first-order valence-electron chi connectivity index (χ1n) is 8.91. The number of rotatable bonds is 8. The van der Waals surface area contributed by atoms with Crippen LogP contribution in [0.1, 0.15) is 23.7 Å². The summed E-state index contributed by atoms with van der Waals surface area (Å²) < 4.78 is 2.45. The van der Waals surface area contributed by atoms with Gasteiger partial charge in [-0.2, -0.15) is 0 Å². The van der Waals surface area contributed by atoms with E-state index < -0.39 is 5.97 Å². The summed E-state index contributed by atoms with van der Waals surface area (Å²) in [5.41, 5.74) is 2.16. The largest absolute Gasteiger partial charge is 0.481 e. The molecule has 0 aliphatic carbocycles. The van der Waals surface area contributed by atoms with Crippen LogP contribution in [0.2, 0.25) is 0 Å². The summed E-state index contributed by atoms with van der Waals surface area (Å²) >= 11 is 6.49. The highest BCUT2D eigenvalue weighted by atomic mass is 127. The van der Waals surface area contributed by atoms with Gasteiger partial charge in [0.1, 0.15) is 5.84 Å². The molecule has 6 nitrogen and oxygen atoms in total. The molecule has 0 fully saturated rings. The molecule has 0 unspecified atom stereocenters. The van der Waals surface area contributed by atoms with Gasteiger partial charge in [-0.05, 0) is 92.9 Å². The lowest BCUT2D eigenvalue weighted by Gasteiger charge is -2.22. The molecule has 2 aromatic carbocycles. The number of carboxylic acid groups (broad SMARTS) is 1. The molecule has 0 spiro atoms. The predicted octanol–water partition coefficient (Wildman–Crippen LogP) is 5.77. The van der Waals surface area contributed by atoms with Gasteiger partial charge in [-0.15, -0.1) is 6.58 Å². The van der Waals surface area contributed by atoms with E-state index in [1.54, 1.807) is 6.08 Å². The number of aliphatic imine (C=N–C) groups is 1. The van der Waals surface area contributed by atoms with Crippen LogP contribution in [0.3, 0.4) is 0 Å². The number of carbonyl (C=O) groups excluding carboxylic acids is 1. The van der Waals surface area contributed by atoms with E-state index in [0.717, 1.165) is 16.4 Å². The molecule has 2 N–H and O–H groups in total. The minimum atomic E-state index is -0.947. The molecular formula is C21H20I3N3O3. The Morgan fingerprint density at radius 1 is 1.20 bits per heavy atom. The number of amides is 1. The molecule has 0 radical (unpaired) electrons. The van der Waals surface area contributed by atoms with Crippen molar-refractivity contribution < 1.29 is 14.7 Å². The molecule has 0 bridgehead atoms. The topological polar surface area (TPSA) is 82.0 Å². The van der Waals surface area contributed by atoms with Gasteiger partial charge >= 0.3 is 5.97 Å². The van der Waals surface area contributed by atoms with Crippen molar-refractivity contribution in [3.63, 3.8) is 0 Å². The molecule has 2 rings (SSSR count). The van der Waals surface area contributed by atoms with Gasteiger partial charge < -0.3 is 15.3 Å². The molecule has 0 aliphatic rings. The van der Waals surface area contributed by atoms with Crippen LogP contribution >= 0.6 is 67.8 Å². The number of aliphatic carboxylic acids is 1. The Bertz CT molecular complexity index is 978. The second-order valence-corrected chi connectivity index (χ2v) is 9.65. The fourth-order valence-electron chi connectivity index (χ4n) is 2.62. The van der Waals surface area contributed by atoms with E-state index >= 15 is 0 Å². The highest BCUT2D eigenvalue weighted by Gasteiger charge is 2.24. The summed E-state index contributed by atoms with van der Waals surface area (Å²) in [5.74, 6) is -0.478. The summed E-state index contributed by atoms with van der Waals surface area (Å²) in [6.07, 6.45) is 1.47. The Balaban J connectivity index is 2.41. The van der Waals surface area contributed by atoms with E-state index in [9.17, 15) is 9.59 Å². The first kappa shape index (κ1) is 25.0. The zero-order valence-corrected chi connectivity index (χ0v) is 22.6. The summed E-state index contributed by atoms with van der Waals surface area (Å²) in [6.45, 7) is 5.95. The number of hydrogen-bond donors (Lipinski definition) is 2. The van der Waals surface area contributed by atoms with Crippen molar-refractivity contribution in [1.82, 2.24) is 4.90 Å². The average molecular weight is 743 g/mol. The Kier molecular flexibility index (Phi) is 10.0. The maximum absolute atomic E-state index is 13.2. The van der Waals surface area contributed by atoms with Gasteiger partial charge in [0.15, 0.2) is 0 Å². The Morgan fingerprint density at radius 2 is 1.87 bits per heavy atom. The van der Waals surface area contributed by atoms with Gasteiger partial charge in [0, 0.05) is 25.9 Å². The highest BCUT2D eigenvalue weighted by molar-refractivity contribution is 14.1. The average Bonchev–Trinajstić information content (AvgIpc) is 2.68. The van der Waals surface area contributed by atoms with Gasteiger partial charge in [0.2, 0.25) is 0 Å². The van der Waals surface area contributed by atoms with E-state index in [4.69, 9.17) is 10.1 Å². The molecule has 0 heterocycles. The number of para-hydroxylation sites is 1. The number of anilines is 1. The van der Waals surface area contributed by atoms with Crippen molar-refractivity contribution >= 4 is 96.9 Å². The van der Waals surface area contributed by atoms with E-state index in [2.05, 4.69) is 79.7 Å². The van der Waals surface area contributed by atoms with E-state index in [0.29, 0.717) is 17.1 Å². The van der Waals surface area contributed by atoms with E-state index in [1.807, 2.05) is 43.3 Å². The highest BCUT2D eigenvalue weighted by Crippen LogP contribution is 2.34. The Morgan fingerprint density at radius 3 is 2.47 bits per heavy atom. The molecule has 1 amide bonds. The van der Waals surface area contributed by atoms with Gasteiger partial charge in [-0.25, -0.2) is 4.99 Å². The van der Waals surface area contributed by atoms with Gasteiger partial charge in [0.25, 0.3) is 5.91 Å². The molecule has 0 saturated heterocycles. The normalized spacial score (nSPS) is 11.1. The van der Waals surface area contributed by atoms with Crippen molar-refractivity contribution in [3.05, 3.63) is 65.3 Å². The summed E-state index contributed by atoms with van der Waals surface area (Å²) in [6, 6.07) is 11.6. The minimum Gasteiger partial charge on any atom is -0.481 e. The number of benzene rings is 2. The molecule has 0 saturated carbocycles. The molecule has 9 heteroatoms. The lowest BCUT2D eigenvalue weighted by atomic mass is 10.1. The summed E-state index contributed by atoms with van der Waals surface area (Å²) in [4.78, 5) is 30.4. The van der Waals surface area contributed by atoms with Crippen LogP contribution in [-0.2, 0) is 4.79 Å². The van der Waals surface area contributed by atoms with Crippen molar-refractivity contribution in [2.45, 2.75) is 13.3 Å². The van der Waals surface area contributed by atoms with Gasteiger partial charge in [-0.3, -0.25) is 9.59 Å². The van der Waals surface area contributed by atoms with Gasteiger partial charge in [0.05, 0.1) is 21.2 Å². The lowest BCUT2D eigenvalue weighted by Crippen LogP contribution is -2.34. The third kappa shape index (κ3) is 6.90. The SMILES string of the molecule is C=CCN(CCC(=O)O)C(=O)c1c(I)cc(I)c(N=C(C)Nc2ccccc2)c1I. The first-order chi connectivity index (χ1) is 14.2. The second-order valence-electron chi connectivity index (χ2n) is 6.25. The van der Waals surface area contributed by atoms with Crippen molar-refractivity contribution in [3.8, 4) is 0 Å². The van der Waals surface area contributed by atoms with Crippen molar-refractivity contribution in [2.24, 2.45) is 4.99 Å². The fourth-order valence-corrected chi connectivity index (χ4v) is 6.70. The minimum absolute atomic E-state index is 0.117. The maximum Gasteiger partial charge on any atom is 0.305 e. The number of amidine groups is 1. The van der Waals surface area contributed by atoms with Crippen LogP contribution in [0.15, 0.2) is 54.0 Å². The molecule has 2 aromatic rings. The fraction of sp³-hybridized carbons (Fsp3) is 0.190. The Hall–Kier alpha value is -1.22. The standard InChI is InChI=1S/C21H20I3N3O3/c1-3-10-27(11-9-17(28)29)21(30)18-15(22)12-16(23)20(19(18)24)26-13(2)25-14-7-5-4-6-8-14/h3-8,12H,1,9-11H2,2H3,(H,25,26)(H,28,29). The number of carbonyl (C=O) groups is 2. The number of carboxylic acids is 1. The zero-order chi connectivity index (χ0) is 22.3. The van der Waals surface area contributed by atoms with Crippen LogP contribution in [0, 0.1) is 10.7 Å². The van der Waals surface area contributed by atoms with Crippen LogP contribution in [-0.4, -0.2) is 40.8 Å². The number of hydrogen-bond acceptors (Lipinski definition) is 3. The number of halogens is 3. The Labute approximate surface area is 216 Å². The maximum atomic E-state index is 13.2. The van der Waals surface area contributed by atoms with Crippen LogP contribution in [0.5, 0.6) is 0 Å². The second kappa shape index (κ2) is 12.0. The first-order valence-corrected chi connectivity index (χ1v) is 12.1. The zero-order valence-electron chi connectivity index (χ0n) is 16.2. The van der Waals surface area contributed by atoms with E-state index in [-0.39, 0.29) is 25.4 Å². The molecule has 30 heavy (non-hydrogen) atoms. The predicted molar refractivity (Wildman–Crippen MR) is 146 cm³/mol. The van der Waals surface area contributed by atoms with Crippen molar-refractivity contribution in [1.29, 1.82) is 0 Å². The molecule has 0 aromatic heterocycles. The van der Waals surface area contributed by atoms with E-state index in [1.165, 1.54) is 4.90 Å². The number of nitrogens with zero attached hydrogens (tertiary/aromatic N) is 2. The van der Waals surface area contributed by atoms with Crippen molar-refractivity contribution in [2.75, 3.05) is 18.4 Å². The third-order valence-electron chi connectivity index (χ3n) is 3.97. The molecule has 0 atom stereocenters. The summed E-state index contributed by atoms with van der Waals surface area (Å²) in [7, 11) is 0.